The maximum Gasteiger partial charge on any atom is 0.257 e. The predicted octanol–water partition coefficient (Wildman–Crippen LogP) is 2.52. The summed E-state index contributed by atoms with van der Waals surface area (Å²) in [5.41, 5.74) is -0.720. The van der Waals surface area contributed by atoms with Crippen molar-refractivity contribution in [2.75, 3.05) is 5.32 Å². The van der Waals surface area contributed by atoms with Gasteiger partial charge in [0, 0.05) is 0 Å². The van der Waals surface area contributed by atoms with E-state index in [1.54, 1.807) is 20.8 Å². The van der Waals surface area contributed by atoms with E-state index in [0.717, 1.165) is 18.2 Å². The van der Waals surface area contributed by atoms with Gasteiger partial charge < -0.3 is 5.32 Å². The second-order valence-corrected chi connectivity index (χ2v) is 6.59. The molecule has 0 bridgehead atoms. The lowest BCUT2D eigenvalue weighted by atomic mass is 10.0. The zero-order valence-electron chi connectivity index (χ0n) is 13.3. The standard InChI is InChI=1S/C15H16F2N4O2S/c1-7(2)12(14(23)19-15-21-20-8(3)24-15)18-13(22)11-9(16)5-4-6-10(11)17/h4-7,12H,1-3H3,(H,18,22)(H,19,21,23)/t12-/m1/s1. The van der Waals surface area contributed by atoms with Gasteiger partial charge in [0.05, 0.1) is 0 Å². The Labute approximate surface area is 141 Å². The van der Waals surface area contributed by atoms with Gasteiger partial charge in [0.15, 0.2) is 0 Å². The minimum absolute atomic E-state index is 0.287. The molecule has 0 spiro atoms. The van der Waals surface area contributed by atoms with Crippen LogP contribution in [0.15, 0.2) is 18.2 Å². The molecule has 128 valence electrons. The van der Waals surface area contributed by atoms with Gasteiger partial charge in [-0.3, -0.25) is 14.9 Å². The van der Waals surface area contributed by atoms with Crippen LogP contribution in [0.4, 0.5) is 13.9 Å². The van der Waals surface area contributed by atoms with Crippen LogP contribution in [-0.4, -0.2) is 28.1 Å². The molecule has 1 heterocycles. The van der Waals surface area contributed by atoms with Crippen molar-refractivity contribution in [1.82, 2.24) is 15.5 Å². The maximum atomic E-state index is 13.7. The van der Waals surface area contributed by atoms with Gasteiger partial charge in [-0.05, 0) is 25.0 Å². The van der Waals surface area contributed by atoms with Crippen molar-refractivity contribution in [2.45, 2.75) is 26.8 Å². The lowest BCUT2D eigenvalue weighted by molar-refractivity contribution is -0.118. The molecule has 24 heavy (non-hydrogen) atoms. The first-order valence-electron chi connectivity index (χ1n) is 7.15. The van der Waals surface area contributed by atoms with Crippen LogP contribution in [-0.2, 0) is 4.79 Å². The van der Waals surface area contributed by atoms with Crippen molar-refractivity contribution in [3.05, 3.63) is 40.4 Å². The highest BCUT2D eigenvalue weighted by atomic mass is 32.1. The van der Waals surface area contributed by atoms with Gasteiger partial charge in [-0.15, -0.1) is 10.2 Å². The number of aromatic nitrogens is 2. The van der Waals surface area contributed by atoms with Crippen LogP contribution in [0.1, 0.15) is 29.2 Å². The molecule has 0 aliphatic heterocycles. The minimum Gasteiger partial charge on any atom is -0.340 e. The van der Waals surface area contributed by atoms with E-state index >= 15 is 0 Å². The van der Waals surface area contributed by atoms with Crippen LogP contribution in [0, 0.1) is 24.5 Å². The van der Waals surface area contributed by atoms with Crippen molar-refractivity contribution >= 4 is 28.3 Å². The molecule has 0 aliphatic carbocycles. The lowest BCUT2D eigenvalue weighted by Gasteiger charge is -2.21. The minimum atomic E-state index is -0.993. The first kappa shape index (κ1) is 17.9. The normalized spacial score (nSPS) is 12.1. The Morgan fingerprint density at radius 2 is 1.79 bits per heavy atom. The van der Waals surface area contributed by atoms with Gasteiger partial charge >= 0.3 is 0 Å². The fourth-order valence-corrected chi connectivity index (χ4v) is 2.59. The molecule has 0 saturated carbocycles. The van der Waals surface area contributed by atoms with E-state index in [4.69, 9.17) is 0 Å². The van der Waals surface area contributed by atoms with Gasteiger partial charge in [0.2, 0.25) is 11.0 Å². The smallest absolute Gasteiger partial charge is 0.257 e. The highest BCUT2D eigenvalue weighted by Gasteiger charge is 2.27. The molecular weight excluding hydrogens is 338 g/mol. The topological polar surface area (TPSA) is 84.0 Å². The SMILES string of the molecule is Cc1nnc(NC(=O)[C@H](NC(=O)c2c(F)cccc2F)C(C)C)s1. The van der Waals surface area contributed by atoms with Crippen molar-refractivity contribution in [2.24, 2.45) is 5.92 Å². The van der Waals surface area contributed by atoms with Crippen LogP contribution < -0.4 is 10.6 Å². The van der Waals surface area contributed by atoms with E-state index in [-0.39, 0.29) is 11.0 Å². The predicted molar refractivity (Wildman–Crippen MR) is 85.7 cm³/mol. The van der Waals surface area contributed by atoms with Crippen LogP contribution in [0.3, 0.4) is 0 Å². The molecule has 0 fully saturated rings. The largest absolute Gasteiger partial charge is 0.340 e. The number of benzene rings is 1. The quantitative estimate of drug-likeness (QED) is 0.864. The zero-order chi connectivity index (χ0) is 17.9. The third-order valence-corrected chi connectivity index (χ3v) is 3.94. The van der Waals surface area contributed by atoms with Crippen molar-refractivity contribution in [3.8, 4) is 0 Å². The van der Waals surface area contributed by atoms with Gasteiger partial charge in [0.25, 0.3) is 5.91 Å². The van der Waals surface area contributed by atoms with E-state index in [1.165, 1.54) is 11.3 Å². The molecule has 2 N–H and O–H groups in total. The van der Waals surface area contributed by atoms with Crippen molar-refractivity contribution in [3.63, 3.8) is 0 Å². The number of halogens is 2. The molecule has 0 radical (unpaired) electrons. The Morgan fingerprint density at radius 3 is 2.29 bits per heavy atom. The molecule has 9 heteroatoms. The highest BCUT2D eigenvalue weighted by molar-refractivity contribution is 7.15. The number of carbonyl (C=O) groups excluding carboxylic acids is 2. The second kappa shape index (κ2) is 7.43. The summed E-state index contributed by atoms with van der Waals surface area (Å²) in [6.45, 7) is 5.14. The summed E-state index contributed by atoms with van der Waals surface area (Å²) in [6.07, 6.45) is 0. The van der Waals surface area contributed by atoms with Crippen LogP contribution >= 0.6 is 11.3 Å². The number of amides is 2. The number of nitrogens with zero attached hydrogens (tertiary/aromatic N) is 2. The van der Waals surface area contributed by atoms with Gasteiger partial charge in [-0.2, -0.15) is 0 Å². The molecule has 2 rings (SSSR count). The summed E-state index contributed by atoms with van der Waals surface area (Å²) in [6, 6.07) is 2.13. The fourth-order valence-electron chi connectivity index (χ4n) is 1.99. The Bertz CT molecular complexity index is 743. The summed E-state index contributed by atoms with van der Waals surface area (Å²) < 4.78 is 27.4. The van der Waals surface area contributed by atoms with Crippen LogP contribution in [0.25, 0.3) is 0 Å². The molecule has 2 amide bonds. The van der Waals surface area contributed by atoms with E-state index in [9.17, 15) is 18.4 Å². The summed E-state index contributed by atoms with van der Waals surface area (Å²) in [5, 5.41) is 13.4. The molecular formula is C15H16F2N4O2S. The lowest BCUT2D eigenvalue weighted by Crippen LogP contribution is -2.47. The molecule has 2 aromatic rings. The van der Waals surface area contributed by atoms with Gasteiger partial charge in [-0.1, -0.05) is 31.3 Å². The van der Waals surface area contributed by atoms with E-state index in [0.29, 0.717) is 5.01 Å². The molecule has 6 nitrogen and oxygen atoms in total. The Hall–Kier alpha value is -2.42. The number of anilines is 1. The first-order valence-corrected chi connectivity index (χ1v) is 7.97. The van der Waals surface area contributed by atoms with E-state index in [1.807, 2.05) is 0 Å². The molecule has 0 saturated heterocycles. The van der Waals surface area contributed by atoms with Crippen molar-refractivity contribution in [1.29, 1.82) is 0 Å². The summed E-state index contributed by atoms with van der Waals surface area (Å²) in [7, 11) is 0. The Morgan fingerprint density at radius 1 is 1.17 bits per heavy atom. The number of nitrogens with one attached hydrogen (secondary N) is 2. The third-order valence-electron chi connectivity index (χ3n) is 3.18. The second-order valence-electron chi connectivity index (χ2n) is 5.41. The summed E-state index contributed by atoms with van der Waals surface area (Å²) >= 11 is 1.18. The van der Waals surface area contributed by atoms with E-state index < -0.39 is 35.1 Å². The number of hydrogen-bond acceptors (Lipinski definition) is 5. The average Bonchev–Trinajstić information content (AvgIpc) is 2.89. The number of rotatable bonds is 5. The Kier molecular flexibility index (Phi) is 5.55. The third kappa shape index (κ3) is 4.10. The monoisotopic (exact) mass is 354 g/mol. The number of hydrogen-bond donors (Lipinski definition) is 2. The zero-order valence-corrected chi connectivity index (χ0v) is 14.1. The molecule has 1 atom stereocenters. The number of aryl methyl sites for hydroxylation is 1. The molecule has 0 aliphatic rings. The van der Waals surface area contributed by atoms with Crippen molar-refractivity contribution < 1.29 is 18.4 Å². The highest BCUT2D eigenvalue weighted by Crippen LogP contribution is 2.16. The van der Waals surface area contributed by atoms with Crippen LogP contribution in [0.2, 0.25) is 0 Å². The van der Waals surface area contributed by atoms with Gasteiger partial charge in [-0.25, -0.2) is 8.78 Å². The average molecular weight is 354 g/mol. The fraction of sp³-hybridized carbons (Fsp3) is 0.333. The Balaban J connectivity index is 2.16. The van der Waals surface area contributed by atoms with E-state index in [2.05, 4.69) is 20.8 Å². The molecule has 1 aromatic carbocycles. The number of carbonyl (C=O) groups is 2. The van der Waals surface area contributed by atoms with Crippen LogP contribution in [0.5, 0.6) is 0 Å². The summed E-state index contributed by atoms with van der Waals surface area (Å²) in [5.74, 6) is -3.82. The molecule has 0 unspecified atom stereocenters. The summed E-state index contributed by atoms with van der Waals surface area (Å²) in [4.78, 5) is 24.5. The maximum absolute atomic E-state index is 13.7. The first-order chi connectivity index (χ1) is 11.3. The van der Waals surface area contributed by atoms with Gasteiger partial charge in [0.1, 0.15) is 28.2 Å². The molecule has 1 aromatic heterocycles.